The number of carbonyl (C=O) groups excluding carboxylic acids is 1. The molecule has 6 heteroatoms. The fraction of sp³-hybridized carbons (Fsp3) is 0.300. The Kier molecular flexibility index (Phi) is 4.91. The first-order chi connectivity index (χ1) is 12.7. The molecule has 1 aromatic carbocycles. The van der Waals surface area contributed by atoms with Gasteiger partial charge < -0.3 is 9.72 Å². The van der Waals surface area contributed by atoms with Crippen LogP contribution in [0.3, 0.4) is 0 Å². The number of nitrogens with zero attached hydrogens (tertiary/aromatic N) is 3. The topological polar surface area (TPSA) is 49.6 Å². The average molecular weight is 369 g/mol. The molecule has 0 radical (unpaired) electrons. The molecule has 1 amide bonds. The largest absolute Gasteiger partial charge is 0.349 e. The number of piperidine rings is 1. The summed E-state index contributed by atoms with van der Waals surface area (Å²) < 4.78 is 1.96. The molecule has 0 atom stereocenters. The highest BCUT2D eigenvalue weighted by Gasteiger charge is 2.21. The van der Waals surface area contributed by atoms with E-state index in [2.05, 4.69) is 15.2 Å². The van der Waals surface area contributed by atoms with Gasteiger partial charge in [-0.1, -0.05) is 29.8 Å². The lowest BCUT2D eigenvalue weighted by Crippen LogP contribution is -2.44. The van der Waals surface area contributed by atoms with Gasteiger partial charge in [0.1, 0.15) is 5.65 Å². The minimum atomic E-state index is 0.0151. The second kappa shape index (κ2) is 7.48. The first kappa shape index (κ1) is 17.1. The van der Waals surface area contributed by atoms with Crippen molar-refractivity contribution in [3.05, 3.63) is 71.1 Å². The van der Waals surface area contributed by atoms with E-state index in [1.54, 1.807) is 0 Å². The molecular weight excluding hydrogens is 348 g/mol. The number of benzene rings is 1. The summed E-state index contributed by atoms with van der Waals surface area (Å²) in [5.74, 6) is 0.0151. The summed E-state index contributed by atoms with van der Waals surface area (Å²) in [6.07, 6.45) is 5.82. The smallest absolute Gasteiger partial charge is 0.251 e. The molecule has 2 aromatic heterocycles. The molecule has 5 nitrogen and oxygen atoms in total. The molecular formula is C20H21ClN4O. The summed E-state index contributed by atoms with van der Waals surface area (Å²) in [4.78, 5) is 19.3. The standard InChI is InChI=1S/C20H21ClN4O/c21-16-6-7-19-22-18(14-25(19)12-16)13-24-10-8-17(9-11-24)23-20(26)15-4-2-1-3-5-15/h1-7,12,14,17H,8-11,13H2,(H,23,26). The molecule has 4 rings (SSSR count). The van der Waals surface area contributed by atoms with Gasteiger partial charge in [-0.25, -0.2) is 4.98 Å². The highest BCUT2D eigenvalue weighted by molar-refractivity contribution is 6.30. The molecule has 0 unspecified atom stereocenters. The molecule has 1 fully saturated rings. The van der Waals surface area contributed by atoms with Gasteiger partial charge in [0, 0.05) is 43.6 Å². The molecule has 1 N–H and O–H groups in total. The van der Waals surface area contributed by atoms with E-state index in [1.165, 1.54) is 0 Å². The van der Waals surface area contributed by atoms with E-state index >= 15 is 0 Å². The van der Waals surface area contributed by atoms with E-state index < -0.39 is 0 Å². The van der Waals surface area contributed by atoms with Crippen LogP contribution >= 0.6 is 11.6 Å². The lowest BCUT2D eigenvalue weighted by atomic mass is 10.0. The van der Waals surface area contributed by atoms with Crippen molar-refractivity contribution in [1.29, 1.82) is 0 Å². The fourth-order valence-corrected chi connectivity index (χ4v) is 3.58. The molecule has 0 saturated carbocycles. The number of amides is 1. The summed E-state index contributed by atoms with van der Waals surface area (Å²) in [7, 11) is 0. The maximum absolute atomic E-state index is 12.3. The second-order valence-electron chi connectivity index (χ2n) is 6.73. The minimum absolute atomic E-state index is 0.0151. The molecule has 3 aromatic rings. The number of halogens is 1. The van der Waals surface area contributed by atoms with Gasteiger partial charge in [-0.15, -0.1) is 0 Å². The van der Waals surface area contributed by atoms with Crippen molar-refractivity contribution in [3.8, 4) is 0 Å². The zero-order chi connectivity index (χ0) is 17.9. The van der Waals surface area contributed by atoms with E-state index in [1.807, 2.05) is 59.3 Å². The van der Waals surface area contributed by atoms with Gasteiger partial charge in [0.15, 0.2) is 0 Å². The van der Waals surface area contributed by atoms with Gasteiger partial charge in [-0.3, -0.25) is 9.69 Å². The number of hydrogen-bond donors (Lipinski definition) is 1. The van der Waals surface area contributed by atoms with Gasteiger partial charge in [0.05, 0.1) is 10.7 Å². The Morgan fingerprint density at radius 2 is 1.88 bits per heavy atom. The number of rotatable bonds is 4. The lowest BCUT2D eigenvalue weighted by Gasteiger charge is -2.31. The normalized spacial score (nSPS) is 16.0. The Hall–Kier alpha value is -2.37. The Morgan fingerprint density at radius 1 is 1.12 bits per heavy atom. The van der Waals surface area contributed by atoms with Crippen molar-refractivity contribution in [2.75, 3.05) is 13.1 Å². The van der Waals surface area contributed by atoms with Crippen LogP contribution in [-0.4, -0.2) is 39.3 Å². The minimum Gasteiger partial charge on any atom is -0.349 e. The third-order valence-electron chi connectivity index (χ3n) is 4.81. The highest BCUT2D eigenvalue weighted by atomic mass is 35.5. The van der Waals surface area contributed by atoms with Crippen LogP contribution in [-0.2, 0) is 6.54 Å². The Balaban J connectivity index is 1.31. The number of likely N-dealkylation sites (tertiary alicyclic amines) is 1. The quantitative estimate of drug-likeness (QED) is 0.768. The summed E-state index contributed by atoms with van der Waals surface area (Å²) in [5.41, 5.74) is 2.67. The van der Waals surface area contributed by atoms with Crippen molar-refractivity contribution in [3.63, 3.8) is 0 Å². The predicted molar refractivity (Wildman–Crippen MR) is 102 cm³/mol. The van der Waals surface area contributed by atoms with Crippen LogP contribution in [0.4, 0.5) is 0 Å². The first-order valence-electron chi connectivity index (χ1n) is 8.89. The third kappa shape index (κ3) is 3.89. The van der Waals surface area contributed by atoms with Crippen molar-refractivity contribution in [1.82, 2.24) is 19.6 Å². The average Bonchev–Trinajstić information content (AvgIpc) is 3.05. The number of imidazole rings is 1. The molecule has 26 heavy (non-hydrogen) atoms. The third-order valence-corrected chi connectivity index (χ3v) is 5.03. The number of nitrogens with one attached hydrogen (secondary N) is 1. The molecule has 3 heterocycles. The Morgan fingerprint density at radius 3 is 2.65 bits per heavy atom. The number of pyridine rings is 1. The van der Waals surface area contributed by atoms with E-state index in [-0.39, 0.29) is 11.9 Å². The number of aromatic nitrogens is 2. The van der Waals surface area contributed by atoms with Crippen LogP contribution in [0.1, 0.15) is 28.9 Å². The van der Waals surface area contributed by atoms with E-state index in [0.717, 1.165) is 49.4 Å². The Bertz CT molecular complexity index is 901. The molecule has 1 aliphatic rings. The van der Waals surface area contributed by atoms with Crippen LogP contribution < -0.4 is 5.32 Å². The van der Waals surface area contributed by atoms with Crippen LogP contribution in [0.15, 0.2) is 54.9 Å². The van der Waals surface area contributed by atoms with Crippen LogP contribution in [0.25, 0.3) is 5.65 Å². The van der Waals surface area contributed by atoms with E-state index in [0.29, 0.717) is 5.02 Å². The number of hydrogen-bond acceptors (Lipinski definition) is 3. The van der Waals surface area contributed by atoms with Gasteiger partial charge in [-0.05, 0) is 37.1 Å². The summed E-state index contributed by atoms with van der Waals surface area (Å²) in [6.45, 7) is 2.72. The summed E-state index contributed by atoms with van der Waals surface area (Å²) >= 11 is 6.03. The van der Waals surface area contributed by atoms with Crippen molar-refractivity contribution >= 4 is 23.2 Å². The van der Waals surface area contributed by atoms with E-state index in [4.69, 9.17) is 11.6 Å². The summed E-state index contributed by atoms with van der Waals surface area (Å²) in [5, 5.41) is 3.85. The fourth-order valence-electron chi connectivity index (χ4n) is 3.42. The maximum Gasteiger partial charge on any atom is 0.251 e. The highest BCUT2D eigenvalue weighted by Crippen LogP contribution is 2.16. The number of fused-ring (bicyclic) bond motifs is 1. The molecule has 134 valence electrons. The van der Waals surface area contributed by atoms with Crippen LogP contribution in [0.2, 0.25) is 5.02 Å². The van der Waals surface area contributed by atoms with Gasteiger partial charge >= 0.3 is 0 Å². The summed E-state index contributed by atoms with van der Waals surface area (Å²) in [6, 6.07) is 13.4. The molecule has 0 spiro atoms. The predicted octanol–water partition coefficient (Wildman–Crippen LogP) is 3.38. The molecule has 0 bridgehead atoms. The molecule has 1 aliphatic heterocycles. The van der Waals surface area contributed by atoms with Crippen molar-refractivity contribution in [2.45, 2.75) is 25.4 Å². The zero-order valence-electron chi connectivity index (χ0n) is 14.4. The van der Waals surface area contributed by atoms with Gasteiger partial charge in [0.2, 0.25) is 0 Å². The monoisotopic (exact) mass is 368 g/mol. The lowest BCUT2D eigenvalue weighted by molar-refractivity contribution is 0.0908. The molecule has 0 aliphatic carbocycles. The second-order valence-corrected chi connectivity index (χ2v) is 7.17. The van der Waals surface area contributed by atoms with Gasteiger partial charge in [0.25, 0.3) is 5.91 Å². The maximum atomic E-state index is 12.3. The Labute approximate surface area is 157 Å². The SMILES string of the molecule is O=C(NC1CCN(Cc2cn3cc(Cl)ccc3n2)CC1)c1ccccc1. The van der Waals surface area contributed by atoms with Gasteiger partial charge in [-0.2, -0.15) is 0 Å². The first-order valence-corrected chi connectivity index (χ1v) is 9.26. The van der Waals surface area contributed by atoms with Crippen LogP contribution in [0, 0.1) is 0 Å². The van der Waals surface area contributed by atoms with E-state index in [9.17, 15) is 4.79 Å². The van der Waals surface area contributed by atoms with Crippen molar-refractivity contribution < 1.29 is 4.79 Å². The van der Waals surface area contributed by atoms with Crippen LogP contribution in [0.5, 0.6) is 0 Å². The van der Waals surface area contributed by atoms with Crippen molar-refractivity contribution in [2.24, 2.45) is 0 Å². The number of carbonyl (C=O) groups is 1. The molecule has 1 saturated heterocycles. The zero-order valence-corrected chi connectivity index (χ0v) is 15.2.